The predicted molar refractivity (Wildman–Crippen MR) is 82.6 cm³/mol. The van der Waals surface area contributed by atoms with Gasteiger partial charge in [0.2, 0.25) is 0 Å². The van der Waals surface area contributed by atoms with E-state index in [1.165, 1.54) is 34.3 Å². The molecule has 3 N–H and O–H groups in total. The molecule has 1 aromatic heterocycles. The zero-order chi connectivity index (χ0) is 13.2. The van der Waals surface area contributed by atoms with Gasteiger partial charge in [-0.25, -0.2) is 0 Å². The van der Waals surface area contributed by atoms with E-state index in [0.717, 1.165) is 6.42 Å². The second-order valence-corrected chi connectivity index (χ2v) is 8.57. The molecule has 2 rings (SSSR count). The average Bonchev–Trinajstić information content (AvgIpc) is 2.72. The van der Waals surface area contributed by atoms with Gasteiger partial charge in [0.1, 0.15) is 0 Å². The quantitative estimate of drug-likeness (QED) is 0.644. The van der Waals surface area contributed by atoms with Crippen LogP contribution in [0.5, 0.6) is 0 Å². The highest BCUT2D eigenvalue weighted by atomic mass is 79.9. The largest absolute Gasteiger partial charge is 0.271 e. The third kappa shape index (κ3) is 3.35. The Hall–Kier alpha value is 0.1000. The van der Waals surface area contributed by atoms with E-state index < -0.39 is 0 Å². The highest BCUT2D eigenvalue weighted by molar-refractivity contribution is 9.11. The van der Waals surface area contributed by atoms with Crippen LogP contribution in [0, 0.1) is 11.3 Å². The van der Waals surface area contributed by atoms with Gasteiger partial charge in [0.25, 0.3) is 0 Å². The minimum atomic E-state index is 0.394. The summed E-state index contributed by atoms with van der Waals surface area (Å²) in [5.41, 5.74) is 3.48. The molecule has 1 heterocycles. The molecule has 2 atom stereocenters. The molecule has 4 heteroatoms. The topological polar surface area (TPSA) is 38.0 Å². The molecule has 18 heavy (non-hydrogen) atoms. The van der Waals surface area contributed by atoms with Gasteiger partial charge in [-0.1, -0.05) is 26.7 Å². The lowest BCUT2D eigenvalue weighted by molar-refractivity contribution is 0.0985. The van der Waals surface area contributed by atoms with Crippen molar-refractivity contribution in [3.63, 3.8) is 0 Å². The molecule has 1 aliphatic carbocycles. The van der Waals surface area contributed by atoms with Crippen molar-refractivity contribution in [1.82, 2.24) is 5.43 Å². The Morgan fingerprint density at radius 2 is 2.28 bits per heavy atom. The summed E-state index contributed by atoms with van der Waals surface area (Å²) in [6.07, 6.45) is 6.38. The number of rotatable bonds is 4. The minimum absolute atomic E-state index is 0.394. The van der Waals surface area contributed by atoms with Crippen LogP contribution in [0.1, 0.15) is 44.4 Å². The molecule has 1 fully saturated rings. The highest BCUT2D eigenvalue weighted by Crippen LogP contribution is 2.43. The van der Waals surface area contributed by atoms with Gasteiger partial charge >= 0.3 is 0 Å². The van der Waals surface area contributed by atoms with Crippen molar-refractivity contribution in [3.8, 4) is 0 Å². The van der Waals surface area contributed by atoms with E-state index >= 15 is 0 Å². The third-order valence-corrected chi connectivity index (χ3v) is 5.99. The van der Waals surface area contributed by atoms with Crippen LogP contribution in [-0.4, -0.2) is 6.04 Å². The smallest absolute Gasteiger partial charge is 0.0701 e. The predicted octanol–water partition coefficient (Wildman–Crippen LogP) is 4.10. The molecular weight excluding hydrogens is 308 g/mol. The van der Waals surface area contributed by atoms with Crippen molar-refractivity contribution in [2.75, 3.05) is 0 Å². The summed E-state index contributed by atoms with van der Waals surface area (Å²) in [5.74, 6) is 6.50. The van der Waals surface area contributed by atoms with E-state index in [-0.39, 0.29) is 0 Å². The monoisotopic (exact) mass is 330 g/mol. The molecule has 2 unspecified atom stereocenters. The summed E-state index contributed by atoms with van der Waals surface area (Å²) >= 11 is 5.35. The van der Waals surface area contributed by atoms with Gasteiger partial charge in [-0.2, -0.15) is 0 Å². The number of nitrogens with two attached hydrogens (primary N) is 1. The molecule has 0 amide bonds. The summed E-state index contributed by atoms with van der Waals surface area (Å²) in [6.45, 7) is 4.79. The van der Waals surface area contributed by atoms with Crippen molar-refractivity contribution < 1.29 is 0 Å². The Balaban J connectivity index is 2.07. The van der Waals surface area contributed by atoms with Crippen LogP contribution in [0.4, 0.5) is 0 Å². The second-order valence-electron chi connectivity index (χ2n) is 6.02. The molecule has 0 spiro atoms. The van der Waals surface area contributed by atoms with Crippen molar-refractivity contribution in [2.45, 2.75) is 52.0 Å². The molecule has 0 aliphatic heterocycles. The number of hydrogen-bond donors (Lipinski definition) is 2. The molecule has 0 bridgehead atoms. The lowest BCUT2D eigenvalue weighted by Crippen LogP contribution is -2.48. The standard InChI is InChI=1S/C14H23BrN2S/c1-14(2)8-4-3-5-11(14)12(17-16)9-10-6-7-13(15)18-10/h6-7,11-12,17H,3-5,8-9,16H2,1-2H3. The number of hydrogen-bond acceptors (Lipinski definition) is 3. The molecule has 1 aliphatic rings. The Morgan fingerprint density at radius 1 is 1.50 bits per heavy atom. The molecule has 0 aromatic carbocycles. The van der Waals surface area contributed by atoms with E-state index in [1.807, 2.05) is 11.3 Å². The molecule has 1 saturated carbocycles. The normalized spacial score (nSPS) is 25.0. The van der Waals surface area contributed by atoms with Crippen molar-refractivity contribution in [3.05, 3.63) is 20.8 Å². The van der Waals surface area contributed by atoms with Crippen molar-refractivity contribution in [1.29, 1.82) is 0 Å². The Labute approximate surface area is 122 Å². The van der Waals surface area contributed by atoms with Crippen LogP contribution in [0.3, 0.4) is 0 Å². The molecule has 0 saturated heterocycles. The maximum Gasteiger partial charge on any atom is 0.0701 e. The van der Waals surface area contributed by atoms with E-state index in [9.17, 15) is 0 Å². The number of halogens is 1. The number of nitrogens with one attached hydrogen (secondary N) is 1. The van der Waals surface area contributed by atoms with Crippen molar-refractivity contribution >= 4 is 27.3 Å². The van der Waals surface area contributed by atoms with Crippen LogP contribution >= 0.6 is 27.3 Å². The maximum absolute atomic E-state index is 5.82. The minimum Gasteiger partial charge on any atom is -0.271 e. The summed E-state index contributed by atoms with van der Waals surface area (Å²) < 4.78 is 1.20. The zero-order valence-electron chi connectivity index (χ0n) is 11.2. The summed E-state index contributed by atoms with van der Waals surface area (Å²) in [5, 5.41) is 0. The van der Waals surface area contributed by atoms with Gasteiger partial charge in [0.15, 0.2) is 0 Å². The Morgan fingerprint density at radius 3 is 2.83 bits per heavy atom. The van der Waals surface area contributed by atoms with E-state index in [4.69, 9.17) is 5.84 Å². The number of thiophene rings is 1. The van der Waals surface area contributed by atoms with E-state index in [2.05, 4.69) is 47.3 Å². The fourth-order valence-electron chi connectivity index (χ4n) is 3.26. The highest BCUT2D eigenvalue weighted by Gasteiger charge is 2.37. The Kier molecular flexibility index (Phi) is 4.86. The van der Waals surface area contributed by atoms with Gasteiger partial charge < -0.3 is 0 Å². The maximum atomic E-state index is 5.82. The Bertz CT molecular complexity index is 389. The molecule has 0 radical (unpaired) electrons. The van der Waals surface area contributed by atoms with Gasteiger partial charge in [0.05, 0.1) is 3.79 Å². The third-order valence-electron chi connectivity index (χ3n) is 4.34. The molecule has 102 valence electrons. The van der Waals surface area contributed by atoms with Gasteiger partial charge in [-0.3, -0.25) is 11.3 Å². The van der Waals surface area contributed by atoms with Gasteiger partial charge in [-0.15, -0.1) is 11.3 Å². The van der Waals surface area contributed by atoms with E-state index in [1.54, 1.807) is 0 Å². The summed E-state index contributed by atoms with van der Waals surface area (Å²) in [4.78, 5) is 1.41. The summed E-state index contributed by atoms with van der Waals surface area (Å²) in [6, 6.07) is 4.72. The first-order valence-electron chi connectivity index (χ1n) is 6.73. The van der Waals surface area contributed by atoms with E-state index in [0.29, 0.717) is 17.4 Å². The second kappa shape index (κ2) is 6.04. The first-order chi connectivity index (χ1) is 8.53. The fourth-order valence-corrected chi connectivity index (χ4v) is 4.80. The first-order valence-corrected chi connectivity index (χ1v) is 8.34. The van der Waals surface area contributed by atoms with Crippen LogP contribution in [0.15, 0.2) is 15.9 Å². The lowest BCUT2D eigenvalue weighted by Gasteiger charge is -2.43. The molecular formula is C14H23BrN2S. The first kappa shape index (κ1) is 14.5. The van der Waals surface area contributed by atoms with Gasteiger partial charge in [-0.05, 0) is 58.7 Å². The van der Waals surface area contributed by atoms with Crippen LogP contribution in [0.2, 0.25) is 0 Å². The lowest BCUT2D eigenvalue weighted by atomic mass is 9.65. The SMILES string of the molecule is CC1(C)CCCCC1C(Cc1ccc(Br)s1)NN. The van der Waals surface area contributed by atoms with Crippen LogP contribution in [0.25, 0.3) is 0 Å². The molecule has 2 nitrogen and oxygen atoms in total. The molecule has 1 aromatic rings. The van der Waals surface area contributed by atoms with Crippen LogP contribution in [-0.2, 0) is 6.42 Å². The van der Waals surface area contributed by atoms with Crippen LogP contribution < -0.4 is 11.3 Å². The zero-order valence-corrected chi connectivity index (χ0v) is 13.6. The average molecular weight is 331 g/mol. The fraction of sp³-hybridized carbons (Fsp3) is 0.714. The van der Waals surface area contributed by atoms with Crippen molar-refractivity contribution in [2.24, 2.45) is 17.2 Å². The van der Waals surface area contributed by atoms with Gasteiger partial charge in [0, 0.05) is 10.9 Å². The number of hydrazine groups is 1. The summed E-state index contributed by atoms with van der Waals surface area (Å²) in [7, 11) is 0.